The molecule has 0 radical (unpaired) electrons. The lowest BCUT2D eigenvalue weighted by Crippen LogP contribution is -2.44. The van der Waals surface area contributed by atoms with Crippen molar-refractivity contribution in [2.24, 2.45) is 0 Å². The van der Waals surface area contributed by atoms with Gasteiger partial charge in [0.1, 0.15) is 3.23 Å². The highest BCUT2D eigenvalue weighted by Gasteiger charge is 2.79. The molecular formula is C6H8Br2O3. The number of hydrogen-bond donors (Lipinski definition) is 2. The Balaban J connectivity index is 2.29. The number of ether oxygens (including phenoxy) is 1. The molecule has 2 fully saturated rings. The highest BCUT2D eigenvalue weighted by molar-refractivity contribution is 9.25. The molecule has 0 amide bonds. The highest BCUT2D eigenvalue weighted by atomic mass is 79.9. The van der Waals surface area contributed by atoms with Crippen molar-refractivity contribution in [1.29, 1.82) is 0 Å². The Kier molecular flexibility index (Phi) is 1.54. The van der Waals surface area contributed by atoms with E-state index in [2.05, 4.69) is 31.9 Å². The van der Waals surface area contributed by atoms with Gasteiger partial charge in [-0.15, -0.1) is 0 Å². The summed E-state index contributed by atoms with van der Waals surface area (Å²) in [6, 6.07) is 0. The van der Waals surface area contributed by atoms with Crippen LogP contribution in [0.25, 0.3) is 0 Å². The third kappa shape index (κ3) is 0.891. The Morgan fingerprint density at radius 2 is 1.82 bits per heavy atom. The van der Waals surface area contributed by atoms with Crippen molar-refractivity contribution < 1.29 is 14.9 Å². The molecule has 2 atom stereocenters. The molecule has 1 aliphatic carbocycles. The van der Waals surface area contributed by atoms with Crippen molar-refractivity contribution in [3.05, 3.63) is 0 Å². The maximum atomic E-state index is 9.67. The van der Waals surface area contributed by atoms with Gasteiger partial charge in [0.15, 0.2) is 0 Å². The van der Waals surface area contributed by atoms with Gasteiger partial charge in [-0.2, -0.15) is 0 Å². The molecule has 0 bridgehead atoms. The number of halogens is 2. The topological polar surface area (TPSA) is 53.0 Å². The van der Waals surface area contributed by atoms with Crippen molar-refractivity contribution in [2.75, 3.05) is 0 Å². The smallest absolute Gasteiger partial charge is 0.249 e. The molecule has 1 heterocycles. The molecule has 0 spiro atoms. The Hall–Kier alpha value is 0.840. The summed E-state index contributed by atoms with van der Waals surface area (Å²) in [6.07, 6.45) is 2.07. The van der Waals surface area contributed by atoms with Gasteiger partial charge in [-0.25, -0.2) is 0 Å². The molecule has 5 heteroatoms. The minimum Gasteiger partial charge on any atom is -0.361 e. The standard InChI is InChI=1S/C6H8Br2O3/c7-4(8)2-1-3-5(9)6(4,10)11-5/h9-10H,1-3H2. The zero-order chi connectivity index (χ0) is 8.33. The molecule has 11 heavy (non-hydrogen) atoms. The van der Waals surface area contributed by atoms with Gasteiger partial charge in [0.05, 0.1) is 0 Å². The summed E-state index contributed by atoms with van der Waals surface area (Å²) < 4.78 is 4.20. The first-order valence-corrected chi connectivity index (χ1v) is 5.03. The first-order chi connectivity index (χ1) is 4.91. The molecule has 0 aromatic rings. The van der Waals surface area contributed by atoms with E-state index in [0.717, 1.165) is 12.8 Å². The van der Waals surface area contributed by atoms with Gasteiger partial charge in [-0.05, 0) is 12.8 Å². The molecule has 0 aromatic carbocycles. The Labute approximate surface area is 81.0 Å². The second-order valence-electron chi connectivity index (χ2n) is 3.09. The van der Waals surface area contributed by atoms with Crippen LogP contribution in [0.1, 0.15) is 19.3 Å². The normalized spacial score (nSPS) is 53.5. The first kappa shape index (κ1) is 8.44. The first-order valence-electron chi connectivity index (χ1n) is 3.44. The lowest BCUT2D eigenvalue weighted by molar-refractivity contribution is -0.00841. The lowest BCUT2D eigenvalue weighted by Gasteiger charge is -2.29. The molecular weight excluding hydrogens is 280 g/mol. The average Bonchev–Trinajstić information content (AvgIpc) is 2.36. The minimum absolute atomic E-state index is 0.502. The van der Waals surface area contributed by atoms with Crippen molar-refractivity contribution in [3.8, 4) is 0 Å². The van der Waals surface area contributed by atoms with Gasteiger partial charge in [0, 0.05) is 6.42 Å². The van der Waals surface area contributed by atoms with Crippen molar-refractivity contribution in [2.45, 2.75) is 34.1 Å². The molecule has 0 aromatic heterocycles. The maximum absolute atomic E-state index is 9.67. The van der Waals surface area contributed by atoms with Crippen LogP contribution in [-0.4, -0.2) is 25.0 Å². The van der Waals surface area contributed by atoms with E-state index in [1.54, 1.807) is 0 Å². The van der Waals surface area contributed by atoms with E-state index in [4.69, 9.17) is 4.74 Å². The van der Waals surface area contributed by atoms with E-state index in [0.29, 0.717) is 6.42 Å². The molecule has 1 saturated carbocycles. The van der Waals surface area contributed by atoms with Crippen LogP contribution >= 0.6 is 31.9 Å². The number of alkyl halides is 2. The summed E-state index contributed by atoms with van der Waals surface area (Å²) >= 11 is 6.54. The minimum atomic E-state index is -1.43. The van der Waals surface area contributed by atoms with Crippen LogP contribution in [0.2, 0.25) is 0 Å². The summed E-state index contributed by atoms with van der Waals surface area (Å²) in [5.41, 5.74) is 0. The number of epoxide rings is 1. The van der Waals surface area contributed by atoms with Crippen molar-refractivity contribution in [1.82, 2.24) is 0 Å². The van der Waals surface area contributed by atoms with Crippen LogP contribution in [0.5, 0.6) is 0 Å². The largest absolute Gasteiger partial charge is 0.361 e. The zero-order valence-corrected chi connectivity index (χ0v) is 8.85. The molecule has 3 nitrogen and oxygen atoms in total. The predicted octanol–water partition coefficient (Wildman–Crippen LogP) is 1.06. The SMILES string of the molecule is OC12CCCC(Br)(Br)C1(O)O2. The van der Waals surface area contributed by atoms with E-state index < -0.39 is 14.8 Å². The molecule has 2 aliphatic rings. The van der Waals surface area contributed by atoms with E-state index in [1.165, 1.54) is 0 Å². The van der Waals surface area contributed by atoms with Gasteiger partial charge in [-0.1, -0.05) is 31.9 Å². The van der Waals surface area contributed by atoms with E-state index in [9.17, 15) is 10.2 Å². The number of fused-ring (bicyclic) bond motifs is 1. The van der Waals surface area contributed by atoms with Crippen LogP contribution < -0.4 is 0 Å². The molecule has 2 rings (SSSR count). The quantitative estimate of drug-likeness (QED) is 0.518. The summed E-state index contributed by atoms with van der Waals surface area (Å²) in [7, 11) is 0. The summed E-state index contributed by atoms with van der Waals surface area (Å²) in [4.78, 5) is 0. The van der Waals surface area contributed by atoms with Crippen LogP contribution in [0, 0.1) is 0 Å². The van der Waals surface area contributed by atoms with Gasteiger partial charge < -0.3 is 14.9 Å². The lowest BCUT2D eigenvalue weighted by atomic mass is 9.95. The number of aliphatic hydroxyl groups is 2. The Bertz CT molecular complexity index is 208. The maximum Gasteiger partial charge on any atom is 0.249 e. The predicted molar refractivity (Wildman–Crippen MR) is 45.4 cm³/mol. The third-order valence-corrected chi connectivity index (χ3v) is 4.17. The van der Waals surface area contributed by atoms with Crippen LogP contribution in [-0.2, 0) is 4.74 Å². The fourth-order valence-corrected chi connectivity index (χ4v) is 2.86. The van der Waals surface area contributed by atoms with Crippen molar-refractivity contribution in [3.63, 3.8) is 0 Å². The second kappa shape index (κ2) is 2.01. The number of rotatable bonds is 0. The summed E-state index contributed by atoms with van der Waals surface area (Å²) in [5.74, 6) is -2.75. The monoisotopic (exact) mass is 286 g/mol. The average molecular weight is 288 g/mol. The highest BCUT2D eigenvalue weighted by Crippen LogP contribution is 2.64. The Morgan fingerprint density at radius 1 is 1.18 bits per heavy atom. The molecule has 1 saturated heterocycles. The fourth-order valence-electron chi connectivity index (χ4n) is 1.52. The van der Waals surface area contributed by atoms with Crippen LogP contribution in [0.15, 0.2) is 0 Å². The van der Waals surface area contributed by atoms with Gasteiger partial charge in [0.2, 0.25) is 11.6 Å². The van der Waals surface area contributed by atoms with Gasteiger partial charge in [-0.3, -0.25) is 0 Å². The van der Waals surface area contributed by atoms with Crippen LogP contribution in [0.4, 0.5) is 0 Å². The van der Waals surface area contributed by atoms with Gasteiger partial charge >= 0.3 is 0 Å². The Morgan fingerprint density at radius 3 is 2.27 bits per heavy atom. The third-order valence-electron chi connectivity index (χ3n) is 2.31. The van der Waals surface area contributed by atoms with E-state index in [1.807, 2.05) is 0 Å². The van der Waals surface area contributed by atoms with Crippen molar-refractivity contribution >= 4 is 31.9 Å². The second-order valence-corrected chi connectivity index (χ2v) is 6.86. The molecule has 64 valence electrons. The van der Waals surface area contributed by atoms with E-state index in [-0.39, 0.29) is 0 Å². The fraction of sp³-hybridized carbons (Fsp3) is 1.00. The van der Waals surface area contributed by atoms with Crippen LogP contribution in [0.3, 0.4) is 0 Å². The zero-order valence-electron chi connectivity index (χ0n) is 5.68. The number of hydrogen-bond acceptors (Lipinski definition) is 3. The molecule has 2 unspecified atom stereocenters. The van der Waals surface area contributed by atoms with Gasteiger partial charge in [0.25, 0.3) is 0 Å². The summed E-state index contributed by atoms with van der Waals surface area (Å²) in [6.45, 7) is 0. The van der Waals surface area contributed by atoms with E-state index >= 15 is 0 Å². The molecule has 1 aliphatic heterocycles. The summed E-state index contributed by atoms with van der Waals surface area (Å²) in [5, 5.41) is 19.2. The molecule has 2 N–H and O–H groups in total.